The number of hydrogen-bond donors (Lipinski definition) is 0. The highest BCUT2D eigenvalue weighted by Gasteiger charge is 2.14. The van der Waals surface area contributed by atoms with Gasteiger partial charge in [0.05, 0.1) is 0 Å². The molecule has 0 fully saturated rings. The predicted octanol–water partition coefficient (Wildman–Crippen LogP) is 4.14. The van der Waals surface area contributed by atoms with Crippen molar-refractivity contribution < 1.29 is 18.0 Å². The summed E-state index contributed by atoms with van der Waals surface area (Å²) in [7, 11) is 0. The van der Waals surface area contributed by atoms with Crippen molar-refractivity contribution in [2.75, 3.05) is 0 Å². The molecule has 1 heterocycles. The Labute approximate surface area is 113 Å². The molecule has 0 unspecified atom stereocenters. The minimum atomic E-state index is -0.497. The molecule has 3 rings (SSSR count). The fraction of sp³-hybridized carbons (Fsp3) is 0.0625. The first-order chi connectivity index (χ1) is 9.63. The van der Waals surface area contributed by atoms with Crippen LogP contribution in [0, 0.1) is 11.6 Å². The molecule has 0 atom stereocenters. The van der Waals surface area contributed by atoms with Gasteiger partial charge in [-0.3, -0.25) is 4.79 Å². The molecule has 0 saturated carbocycles. The van der Waals surface area contributed by atoms with E-state index in [1.165, 1.54) is 36.4 Å². The topological polar surface area (TPSA) is 30.2 Å². The average Bonchev–Trinajstić information content (AvgIpc) is 2.87. The van der Waals surface area contributed by atoms with Crippen LogP contribution < -0.4 is 0 Å². The van der Waals surface area contributed by atoms with Crippen LogP contribution in [0.25, 0.3) is 11.0 Å². The van der Waals surface area contributed by atoms with Crippen molar-refractivity contribution in [1.29, 1.82) is 0 Å². The van der Waals surface area contributed by atoms with Crippen molar-refractivity contribution in [2.45, 2.75) is 6.42 Å². The summed E-state index contributed by atoms with van der Waals surface area (Å²) in [6.45, 7) is 0. The molecule has 3 aromatic rings. The number of halogens is 2. The maximum Gasteiger partial charge on any atom is 0.202 e. The molecule has 0 saturated heterocycles. The average molecular weight is 272 g/mol. The summed E-state index contributed by atoms with van der Waals surface area (Å²) in [5.74, 6) is -1.02. The normalized spacial score (nSPS) is 10.9. The quantitative estimate of drug-likeness (QED) is 0.671. The Morgan fingerprint density at radius 1 is 1.05 bits per heavy atom. The lowest BCUT2D eigenvalue weighted by molar-refractivity contribution is 0.0968. The SMILES string of the molecule is O=C(Cc1ccc(F)cc1)c1cc2cccc(F)c2o1. The number of para-hydroxylation sites is 1. The molecule has 100 valence electrons. The van der Waals surface area contributed by atoms with E-state index in [9.17, 15) is 13.6 Å². The van der Waals surface area contributed by atoms with E-state index in [1.54, 1.807) is 12.1 Å². The molecule has 0 radical (unpaired) electrons. The third-order valence-electron chi connectivity index (χ3n) is 3.05. The van der Waals surface area contributed by atoms with Gasteiger partial charge in [-0.2, -0.15) is 0 Å². The predicted molar refractivity (Wildman–Crippen MR) is 70.6 cm³/mol. The van der Waals surface area contributed by atoms with E-state index in [0.29, 0.717) is 10.9 Å². The molecule has 2 nitrogen and oxygen atoms in total. The molecule has 0 bridgehead atoms. The van der Waals surface area contributed by atoms with Crippen molar-refractivity contribution in [2.24, 2.45) is 0 Å². The Hall–Kier alpha value is -2.49. The first-order valence-electron chi connectivity index (χ1n) is 6.09. The molecule has 2 aromatic carbocycles. The van der Waals surface area contributed by atoms with Gasteiger partial charge in [0, 0.05) is 11.8 Å². The van der Waals surface area contributed by atoms with Gasteiger partial charge in [-0.1, -0.05) is 24.3 Å². The lowest BCUT2D eigenvalue weighted by Gasteiger charge is -1.98. The van der Waals surface area contributed by atoms with Gasteiger partial charge in [0.15, 0.2) is 17.2 Å². The molecule has 0 aliphatic rings. The van der Waals surface area contributed by atoms with Crippen LogP contribution in [0.3, 0.4) is 0 Å². The van der Waals surface area contributed by atoms with Crippen molar-refractivity contribution >= 4 is 16.8 Å². The zero-order valence-electron chi connectivity index (χ0n) is 10.4. The number of benzene rings is 2. The van der Waals surface area contributed by atoms with Gasteiger partial charge in [0.25, 0.3) is 0 Å². The summed E-state index contributed by atoms with van der Waals surface area (Å²) in [6, 6.07) is 11.7. The van der Waals surface area contributed by atoms with Crippen LogP contribution in [-0.2, 0) is 6.42 Å². The van der Waals surface area contributed by atoms with Gasteiger partial charge < -0.3 is 4.42 Å². The largest absolute Gasteiger partial charge is 0.450 e. The first kappa shape index (κ1) is 12.5. The molecule has 0 aliphatic carbocycles. The van der Waals surface area contributed by atoms with E-state index in [0.717, 1.165) is 0 Å². The Balaban J connectivity index is 1.89. The van der Waals surface area contributed by atoms with Crippen molar-refractivity contribution in [3.05, 3.63) is 71.5 Å². The van der Waals surface area contributed by atoms with Crippen molar-refractivity contribution in [1.82, 2.24) is 0 Å². The zero-order valence-corrected chi connectivity index (χ0v) is 10.4. The highest BCUT2D eigenvalue weighted by Crippen LogP contribution is 2.23. The Morgan fingerprint density at radius 3 is 2.50 bits per heavy atom. The van der Waals surface area contributed by atoms with E-state index < -0.39 is 5.82 Å². The number of furan rings is 1. The minimum Gasteiger partial charge on any atom is -0.450 e. The van der Waals surface area contributed by atoms with Crippen molar-refractivity contribution in [3.8, 4) is 0 Å². The summed E-state index contributed by atoms with van der Waals surface area (Å²) < 4.78 is 31.5. The van der Waals surface area contributed by atoms with E-state index in [2.05, 4.69) is 0 Å². The second kappa shape index (κ2) is 4.89. The Bertz CT molecular complexity index is 773. The van der Waals surface area contributed by atoms with Gasteiger partial charge in [-0.05, 0) is 29.8 Å². The van der Waals surface area contributed by atoms with E-state index in [-0.39, 0.29) is 29.4 Å². The molecular formula is C16H10F2O2. The van der Waals surface area contributed by atoms with Crippen LogP contribution >= 0.6 is 0 Å². The minimum absolute atomic E-state index is 0.0787. The molecule has 0 N–H and O–H groups in total. The summed E-state index contributed by atoms with van der Waals surface area (Å²) in [5.41, 5.74) is 0.757. The molecule has 20 heavy (non-hydrogen) atoms. The highest BCUT2D eigenvalue weighted by molar-refractivity contribution is 5.98. The summed E-state index contributed by atoms with van der Waals surface area (Å²) in [5, 5.41) is 0.549. The monoisotopic (exact) mass is 272 g/mol. The third kappa shape index (κ3) is 2.32. The van der Waals surface area contributed by atoms with Crippen LogP contribution in [0.4, 0.5) is 8.78 Å². The van der Waals surface area contributed by atoms with Crippen LogP contribution in [0.15, 0.2) is 52.9 Å². The highest BCUT2D eigenvalue weighted by atomic mass is 19.1. The third-order valence-corrected chi connectivity index (χ3v) is 3.05. The standard InChI is InChI=1S/C16H10F2O2/c17-12-6-4-10(5-7-12)8-14(19)15-9-11-2-1-3-13(18)16(11)20-15/h1-7,9H,8H2. The molecule has 0 aliphatic heterocycles. The van der Waals surface area contributed by atoms with Gasteiger partial charge in [0.1, 0.15) is 5.82 Å². The fourth-order valence-corrected chi connectivity index (χ4v) is 2.04. The van der Waals surface area contributed by atoms with Crippen LogP contribution in [0.2, 0.25) is 0 Å². The number of Topliss-reactive ketones (excluding diaryl/α,β-unsaturated/α-hetero) is 1. The number of carbonyl (C=O) groups is 1. The first-order valence-corrected chi connectivity index (χ1v) is 6.09. The molecule has 0 amide bonds. The Morgan fingerprint density at radius 2 is 1.80 bits per heavy atom. The molecule has 4 heteroatoms. The number of hydrogen-bond acceptors (Lipinski definition) is 2. The molecule has 1 aromatic heterocycles. The van der Waals surface area contributed by atoms with Gasteiger partial charge >= 0.3 is 0 Å². The van der Waals surface area contributed by atoms with E-state index >= 15 is 0 Å². The molecule has 0 spiro atoms. The number of fused-ring (bicyclic) bond motifs is 1. The van der Waals surface area contributed by atoms with Crippen molar-refractivity contribution in [3.63, 3.8) is 0 Å². The fourth-order valence-electron chi connectivity index (χ4n) is 2.04. The Kier molecular flexibility index (Phi) is 3.06. The maximum atomic E-state index is 13.5. The summed E-state index contributed by atoms with van der Waals surface area (Å²) in [4.78, 5) is 12.1. The summed E-state index contributed by atoms with van der Waals surface area (Å²) in [6.07, 6.45) is 0.0850. The van der Waals surface area contributed by atoms with Crippen LogP contribution in [0.5, 0.6) is 0 Å². The summed E-state index contributed by atoms with van der Waals surface area (Å²) >= 11 is 0. The number of rotatable bonds is 3. The maximum absolute atomic E-state index is 13.5. The van der Waals surface area contributed by atoms with Gasteiger partial charge in [0.2, 0.25) is 5.78 Å². The van der Waals surface area contributed by atoms with Crippen LogP contribution in [0.1, 0.15) is 16.1 Å². The number of carbonyl (C=O) groups excluding carboxylic acids is 1. The molecular weight excluding hydrogens is 262 g/mol. The van der Waals surface area contributed by atoms with E-state index in [1.807, 2.05) is 0 Å². The zero-order chi connectivity index (χ0) is 14.1. The smallest absolute Gasteiger partial charge is 0.202 e. The van der Waals surface area contributed by atoms with E-state index in [4.69, 9.17) is 4.42 Å². The second-order valence-corrected chi connectivity index (χ2v) is 4.50. The lowest BCUT2D eigenvalue weighted by Crippen LogP contribution is -2.01. The van der Waals surface area contributed by atoms with Gasteiger partial charge in [-0.25, -0.2) is 8.78 Å². The van der Waals surface area contributed by atoms with Crippen LogP contribution in [-0.4, -0.2) is 5.78 Å². The lowest BCUT2D eigenvalue weighted by atomic mass is 10.1. The number of ketones is 1. The van der Waals surface area contributed by atoms with Gasteiger partial charge in [-0.15, -0.1) is 0 Å². The second-order valence-electron chi connectivity index (χ2n) is 4.50.